The molecule has 0 fully saturated rings. The monoisotopic (exact) mass is 617 g/mol. The number of benzene rings is 2. The van der Waals surface area contributed by atoms with Crippen molar-refractivity contribution < 1.29 is 31.5 Å². The summed E-state index contributed by atoms with van der Waals surface area (Å²) in [5, 5.41) is 19.2. The molecule has 0 aliphatic rings. The van der Waals surface area contributed by atoms with Crippen molar-refractivity contribution in [1.29, 1.82) is 0 Å². The van der Waals surface area contributed by atoms with Crippen molar-refractivity contribution in [2.45, 2.75) is 63.7 Å². The summed E-state index contributed by atoms with van der Waals surface area (Å²) in [5.41, 5.74) is -0.443. The molecule has 4 aromatic rings. The molecule has 0 aliphatic carbocycles. The van der Waals surface area contributed by atoms with Gasteiger partial charge in [0.25, 0.3) is 5.91 Å². The highest BCUT2D eigenvalue weighted by Crippen LogP contribution is 2.40. The molecule has 0 aliphatic heterocycles. The first kappa shape index (κ1) is 32.0. The van der Waals surface area contributed by atoms with Crippen LogP contribution in [0, 0.1) is 6.92 Å². The number of alkyl halides is 3. The van der Waals surface area contributed by atoms with Crippen LogP contribution in [0.1, 0.15) is 72.4 Å². The van der Waals surface area contributed by atoms with E-state index in [2.05, 4.69) is 20.5 Å². The standard InChI is InChI=1S/C30H34F3N5O4S/c1-6-43(41,42)21-12-10-19(11-13-21)24(17-39)35-27(40)26-18(2)38(28(36-26)29(3,4)5)16-20-8-7-9-22(23-14-15-34-37-23)25(20)30(31,32)33/h7-15,24,39H,6,16-17H2,1-5H3,(H,34,37)(H,35,40)/t24-/m0/s1. The van der Waals surface area contributed by atoms with Gasteiger partial charge in [0, 0.05) is 29.4 Å². The predicted molar refractivity (Wildman–Crippen MR) is 155 cm³/mol. The number of sulfone groups is 1. The maximum Gasteiger partial charge on any atom is 0.417 e. The maximum atomic E-state index is 14.4. The molecule has 0 bridgehead atoms. The second-order valence-corrected chi connectivity index (χ2v) is 13.5. The molecule has 2 aromatic carbocycles. The van der Waals surface area contributed by atoms with Gasteiger partial charge in [0.15, 0.2) is 9.84 Å². The van der Waals surface area contributed by atoms with E-state index in [0.29, 0.717) is 17.1 Å². The van der Waals surface area contributed by atoms with Crippen molar-refractivity contribution in [3.05, 3.63) is 88.6 Å². The van der Waals surface area contributed by atoms with E-state index in [1.807, 2.05) is 20.8 Å². The zero-order valence-electron chi connectivity index (χ0n) is 24.5. The zero-order chi connectivity index (χ0) is 31.7. The van der Waals surface area contributed by atoms with E-state index in [1.165, 1.54) is 55.6 Å². The number of carbonyl (C=O) groups is 1. The lowest BCUT2D eigenvalue weighted by Gasteiger charge is -2.23. The first-order valence-electron chi connectivity index (χ1n) is 13.6. The minimum absolute atomic E-state index is 0.00633. The Morgan fingerprint density at radius 3 is 2.30 bits per heavy atom. The number of halogens is 3. The van der Waals surface area contributed by atoms with Gasteiger partial charge in [-0.3, -0.25) is 9.89 Å². The number of carbonyl (C=O) groups excluding carboxylic acids is 1. The molecule has 0 unspecified atom stereocenters. The predicted octanol–water partition coefficient (Wildman–Crippen LogP) is 5.20. The first-order chi connectivity index (χ1) is 20.1. The quantitative estimate of drug-likeness (QED) is 0.237. The van der Waals surface area contributed by atoms with Crippen LogP contribution in [0.5, 0.6) is 0 Å². The van der Waals surface area contributed by atoms with E-state index in [1.54, 1.807) is 17.6 Å². The van der Waals surface area contributed by atoms with Gasteiger partial charge in [0.1, 0.15) is 11.5 Å². The largest absolute Gasteiger partial charge is 0.417 e. The van der Waals surface area contributed by atoms with Gasteiger partial charge in [0.2, 0.25) is 0 Å². The Hall–Kier alpha value is -3.97. The molecule has 0 spiro atoms. The molecule has 230 valence electrons. The molecule has 0 saturated carbocycles. The Morgan fingerprint density at radius 2 is 1.77 bits per heavy atom. The molecule has 2 heterocycles. The highest BCUT2D eigenvalue weighted by molar-refractivity contribution is 7.91. The third-order valence-electron chi connectivity index (χ3n) is 7.17. The molecule has 3 N–H and O–H groups in total. The van der Waals surface area contributed by atoms with Crippen LogP contribution >= 0.6 is 0 Å². The molecule has 4 rings (SSSR count). The fraction of sp³-hybridized carbons (Fsp3) is 0.367. The Balaban J connectivity index is 1.72. The smallest absolute Gasteiger partial charge is 0.394 e. The lowest BCUT2D eigenvalue weighted by Crippen LogP contribution is -2.31. The fourth-order valence-electron chi connectivity index (χ4n) is 4.92. The second kappa shape index (κ2) is 12.0. The van der Waals surface area contributed by atoms with Gasteiger partial charge in [0.05, 0.1) is 34.6 Å². The molecular formula is C30H34F3N5O4S. The molecule has 13 heteroatoms. The first-order valence-corrected chi connectivity index (χ1v) is 15.2. The number of hydrogen-bond acceptors (Lipinski definition) is 6. The summed E-state index contributed by atoms with van der Waals surface area (Å²) in [7, 11) is -3.43. The summed E-state index contributed by atoms with van der Waals surface area (Å²) in [6.45, 7) is 8.01. The van der Waals surface area contributed by atoms with Crippen LogP contribution in [0.2, 0.25) is 0 Å². The number of nitrogens with one attached hydrogen (secondary N) is 2. The van der Waals surface area contributed by atoms with Crippen molar-refractivity contribution in [1.82, 2.24) is 25.1 Å². The molecule has 0 radical (unpaired) electrons. The van der Waals surface area contributed by atoms with Crippen molar-refractivity contribution in [2.75, 3.05) is 12.4 Å². The fourth-order valence-corrected chi connectivity index (χ4v) is 5.80. The Bertz CT molecular complexity index is 1710. The number of amides is 1. The van der Waals surface area contributed by atoms with Crippen LogP contribution in [-0.2, 0) is 28.0 Å². The summed E-state index contributed by atoms with van der Waals surface area (Å²) in [5.74, 6) is -0.291. The average molecular weight is 618 g/mol. The van der Waals surface area contributed by atoms with Crippen LogP contribution < -0.4 is 5.32 Å². The lowest BCUT2D eigenvalue weighted by atomic mass is 9.94. The molecular weight excluding hydrogens is 583 g/mol. The van der Waals surface area contributed by atoms with E-state index in [-0.39, 0.29) is 39.7 Å². The number of aliphatic hydroxyl groups is 1. The Kier molecular flexibility index (Phi) is 8.89. The molecule has 9 nitrogen and oxygen atoms in total. The summed E-state index contributed by atoms with van der Waals surface area (Å²) < 4.78 is 69.3. The third kappa shape index (κ3) is 6.67. The summed E-state index contributed by atoms with van der Waals surface area (Å²) >= 11 is 0. The van der Waals surface area contributed by atoms with Gasteiger partial charge < -0.3 is 15.0 Å². The zero-order valence-corrected chi connectivity index (χ0v) is 25.3. The van der Waals surface area contributed by atoms with Crippen molar-refractivity contribution in [3.63, 3.8) is 0 Å². The second-order valence-electron chi connectivity index (χ2n) is 11.2. The molecule has 2 aromatic heterocycles. The normalized spacial score (nSPS) is 13.2. The highest BCUT2D eigenvalue weighted by Gasteiger charge is 2.37. The number of aromatic nitrogens is 4. The van der Waals surface area contributed by atoms with Gasteiger partial charge in [-0.2, -0.15) is 18.3 Å². The van der Waals surface area contributed by atoms with Gasteiger partial charge in [-0.05, 0) is 36.2 Å². The minimum atomic E-state index is -4.67. The molecule has 43 heavy (non-hydrogen) atoms. The Morgan fingerprint density at radius 1 is 1.09 bits per heavy atom. The van der Waals surface area contributed by atoms with Gasteiger partial charge >= 0.3 is 6.18 Å². The van der Waals surface area contributed by atoms with Crippen molar-refractivity contribution in [3.8, 4) is 11.3 Å². The lowest BCUT2D eigenvalue weighted by molar-refractivity contribution is -0.137. The maximum absolute atomic E-state index is 14.4. The summed E-state index contributed by atoms with van der Waals surface area (Å²) in [4.78, 5) is 18.2. The van der Waals surface area contributed by atoms with Crippen LogP contribution in [-0.4, -0.2) is 51.5 Å². The number of hydrogen-bond donors (Lipinski definition) is 3. The van der Waals surface area contributed by atoms with Gasteiger partial charge in [-0.15, -0.1) is 0 Å². The van der Waals surface area contributed by atoms with Crippen LogP contribution in [0.15, 0.2) is 59.6 Å². The molecule has 0 saturated heterocycles. The number of nitrogens with zero attached hydrogens (tertiary/aromatic N) is 3. The van der Waals surface area contributed by atoms with Crippen LogP contribution in [0.3, 0.4) is 0 Å². The average Bonchev–Trinajstić information content (AvgIpc) is 3.60. The van der Waals surface area contributed by atoms with E-state index in [9.17, 15) is 31.5 Å². The summed E-state index contributed by atoms with van der Waals surface area (Å²) in [6, 6.07) is 10.8. The van der Waals surface area contributed by atoms with E-state index >= 15 is 0 Å². The number of aromatic amines is 1. The summed E-state index contributed by atoms with van der Waals surface area (Å²) in [6.07, 6.45) is -3.29. The number of rotatable bonds is 9. The topological polar surface area (TPSA) is 130 Å². The number of imidazole rings is 1. The molecule has 1 atom stereocenters. The van der Waals surface area contributed by atoms with Crippen molar-refractivity contribution in [2.24, 2.45) is 0 Å². The third-order valence-corrected chi connectivity index (χ3v) is 8.92. The highest BCUT2D eigenvalue weighted by atomic mass is 32.2. The minimum Gasteiger partial charge on any atom is -0.394 e. The van der Waals surface area contributed by atoms with Crippen LogP contribution in [0.4, 0.5) is 13.2 Å². The SMILES string of the molecule is CCS(=O)(=O)c1ccc([C@H](CO)NC(=O)c2nc(C(C)(C)C)n(Cc3cccc(-c4ccn[nH]4)c3C(F)(F)F)c2C)cc1. The molecule has 1 amide bonds. The van der Waals surface area contributed by atoms with E-state index in [4.69, 9.17) is 0 Å². The van der Waals surface area contributed by atoms with E-state index < -0.39 is 45.5 Å². The Labute approximate surface area is 248 Å². The van der Waals surface area contributed by atoms with E-state index in [0.717, 1.165) is 0 Å². The van der Waals surface area contributed by atoms with Gasteiger partial charge in [-0.25, -0.2) is 13.4 Å². The van der Waals surface area contributed by atoms with Crippen LogP contribution in [0.25, 0.3) is 11.3 Å². The number of H-pyrrole nitrogens is 1. The van der Waals surface area contributed by atoms with Crippen molar-refractivity contribution >= 4 is 15.7 Å². The number of aliphatic hydroxyl groups excluding tert-OH is 1. The van der Waals surface area contributed by atoms with Gasteiger partial charge in [-0.1, -0.05) is 58.0 Å².